The maximum atomic E-state index is 4.80. The van der Waals surface area contributed by atoms with E-state index in [1.165, 1.54) is 32.1 Å². The lowest BCUT2D eigenvalue weighted by Crippen LogP contribution is -2.32. The van der Waals surface area contributed by atoms with Crippen molar-refractivity contribution < 1.29 is 0 Å². The van der Waals surface area contributed by atoms with Crippen LogP contribution in [0, 0.1) is 5.92 Å². The molecule has 3 aromatic heterocycles. The third kappa shape index (κ3) is 2.86. The highest BCUT2D eigenvalue weighted by molar-refractivity contribution is 5.63. The molecule has 0 aromatic carbocycles. The molecule has 0 aliphatic heterocycles. The van der Waals surface area contributed by atoms with Gasteiger partial charge in [0.25, 0.3) is 0 Å². The molecule has 2 unspecified atom stereocenters. The van der Waals surface area contributed by atoms with Gasteiger partial charge in [0.1, 0.15) is 5.82 Å². The Hall–Kier alpha value is -2.43. The minimum absolute atomic E-state index is 0.529. The van der Waals surface area contributed by atoms with Gasteiger partial charge in [0.15, 0.2) is 5.65 Å². The molecule has 3 heterocycles. The van der Waals surface area contributed by atoms with Gasteiger partial charge in [-0.05, 0) is 43.0 Å². The van der Waals surface area contributed by atoms with Gasteiger partial charge in [-0.25, -0.2) is 9.50 Å². The number of hydrogen-bond acceptors (Lipinski definition) is 4. The van der Waals surface area contributed by atoms with Gasteiger partial charge in [-0.3, -0.25) is 4.98 Å². The van der Waals surface area contributed by atoms with E-state index in [2.05, 4.69) is 22.2 Å². The first-order valence-corrected chi connectivity index (χ1v) is 8.87. The van der Waals surface area contributed by atoms with Gasteiger partial charge >= 0.3 is 0 Å². The van der Waals surface area contributed by atoms with E-state index in [1.54, 1.807) is 12.4 Å². The Balaban J connectivity index is 1.65. The summed E-state index contributed by atoms with van der Waals surface area (Å²) in [6.45, 7) is 2.29. The largest absolute Gasteiger partial charge is 0.366 e. The van der Waals surface area contributed by atoms with Crippen LogP contribution in [0.15, 0.2) is 42.9 Å². The number of fused-ring (bicyclic) bond motifs is 1. The predicted octanol–water partition coefficient (Wildman–Crippen LogP) is 4.17. The Morgan fingerprint density at radius 1 is 1.12 bits per heavy atom. The Labute approximate surface area is 142 Å². The van der Waals surface area contributed by atoms with Crippen LogP contribution in [0.2, 0.25) is 0 Å². The second-order valence-electron chi connectivity index (χ2n) is 6.57. The average molecular weight is 321 g/mol. The second kappa shape index (κ2) is 6.59. The third-order valence-electron chi connectivity index (χ3n) is 5.11. The van der Waals surface area contributed by atoms with Crippen molar-refractivity contribution in [1.82, 2.24) is 19.6 Å². The summed E-state index contributed by atoms with van der Waals surface area (Å²) in [6.07, 6.45) is 11.9. The number of aromatic nitrogens is 4. The summed E-state index contributed by atoms with van der Waals surface area (Å²) >= 11 is 0. The number of nitrogens with one attached hydrogen (secondary N) is 1. The first-order valence-electron chi connectivity index (χ1n) is 8.87. The molecule has 124 valence electrons. The molecule has 0 spiro atoms. The smallest absolute Gasteiger partial charge is 0.154 e. The normalized spacial score (nSPS) is 21.0. The highest BCUT2D eigenvalue weighted by atomic mass is 15.3. The molecular formula is C19H23N5. The molecule has 1 N–H and O–H groups in total. The molecule has 0 saturated heterocycles. The van der Waals surface area contributed by atoms with Crippen LogP contribution in [0.4, 0.5) is 5.82 Å². The molecule has 4 rings (SSSR count). The standard InChI is InChI=1S/C19H23N5/c1-2-14-5-3-4-6-16(14)22-18-7-8-19-21-13-17(24(19)23-18)15-9-11-20-12-10-15/h7-14,16H,2-6H2,1H3,(H,22,23). The summed E-state index contributed by atoms with van der Waals surface area (Å²) in [5.74, 6) is 1.68. The molecule has 1 saturated carbocycles. The number of imidazole rings is 1. The summed E-state index contributed by atoms with van der Waals surface area (Å²) in [5, 5.41) is 8.47. The number of hydrogen-bond donors (Lipinski definition) is 1. The van der Waals surface area contributed by atoms with Gasteiger partial charge in [-0.1, -0.05) is 26.2 Å². The summed E-state index contributed by atoms with van der Waals surface area (Å²) in [5.41, 5.74) is 2.93. The molecule has 1 aliphatic carbocycles. The van der Waals surface area contributed by atoms with Crippen LogP contribution in [-0.4, -0.2) is 25.6 Å². The maximum absolute atomic E-state index is 4.80. The molecule has 5 heteroatoms. The van der Waals surface area contributed by atoms with E-state index in [0.29, 0.717) is 6.04 Å². The second-order valence-corrected chi connectivity index (χ2v) is 6.57. The van der Waals surface area contributed by atoms with Crippen LogP contribution >= 0.6 is 0 Å². The van der Waals surface area contributed by atoms with Crippen LogP contribution in [0.5, 0.6) is 0 Å². The fraction of sp³-hybridized carbons (Fsp3) is 0.421. The lowest BCUT2D eigenvalue weighted by atomic mass is 9.83. The highest BCUT2D eigenvalue weighted by Gasteiger charge is 2.23. The first kappa shape index (κ1) is 15.1. The third-order valence-corrected chi connectivity index (χ3v) is 5.11. The summed E-state index contributed by atoms with van der Waals surface area (Å²) in [7, 11) is 0. The molecule has 1 aliphatic rings. The zero-order valence-corrected chi connectivity index (χ0v) is 14.0. The Kier molecular flexibility index (Phi) is 4.15. The number of rotatable bonds is 4. The quantitative estimate of drug-likeness (QED) is 0.783. The van der Waals surface area contributed by atoms with E-state index in [1.807, 2.05) is 35.0 Å². The molecule has 2 atom stereocenters. The van der Waals surface area contributed by atoms with E-state index in [0.717, 1.165) is 28.6 Å². The SMILES string of the molecule is CCC1CCCCC1Nc1ccc2ncc(-c3ccncc3)n2n1. The van der Waals surface area contributed by atoms with Gasteiger partial charge in [0, 0.05) is 24.0 Å². The molecule has 0 radical (unpaired) electrons. The molecule has 0 bridgehead atoms. The molecule has 24 heavy (non-hydrogen) atoms. The molecule has 1 fully saturated rings. The van der Waals surface area contributed by atoms with Gasteiger partial charge in [-0.15, -0.1) is 5.10 Å². The summed E-state index contributed by atoms with van der Waals surface area (Å²) in [4.78, 5) is 8.55. The van der Waals surface area contributed by atoms with Crippen LogP contribution in [0.3, 0.4) is 0 Å². The highest BCUT2D eigenvalue weighted by Crippen LogP contribution is 2.29. The van der Waals surface area contributed by atoms with Crippen molar-refractivity contribution in [1.29, 1.82) is 0 Å². The van der Waals surface area contributed by atoms with E-state index in [-0.39, 0.29) is 0 Å². The minimum atomic E-state index is 0.529. The van der Waals surface area contributed by atoms with Crippen molar-refractivity contribution in [2.75, 3.05) is 5.32 Å². The van der Waals surface area contributed by atoms with Crippen molar-refractivity contribution in [2.45, 2.75) is 45.1 Å². The fourth-order valence-corrected chi connectivity index (χ4v) is 3.75. The zero-order valence-electron chi connectivity index (χ0n) is 14.0. The van der Waals surface area contributed by atoms with Crippen molar-refractivity contribution in [2.24, 2.45) is 5.92 Å². The van der Waals surface area contributed by atoms with Gasteiger partial charge < -0.3 is 5.32 Å². The van der Waals surface area contributed by atoms with E-state index in [9.17, 15) is 0 Å². The number of nitrogens with zero attached hydrogens (tertiary/aromatic N) is 4. The van der Waals surface area contributed by atoms with Crippen LogP contribution in [-0.2, 0) is 0 Å². The Bertz CT molecular complexity index is 811. The number of pyridine rings is 1. The van der Waals surface area contributed by atoms with Crippen LogP contribution in [0.1, 0.15) is 39.0 Å². The monoisotopic (exact) mass is 321 g/mol. The predicted molar refractivity (Wildman–Crippen MR) is 95.9 cm³/mol. The van der Waals surface area contributed by atoms with Crippen molar-refractivity contribution in [3.05, 3.63) is 42.9 Å². The molecular weight excluding hydrogens is 298 g/mol. The van der Waals surface area contributed by atoms with Gasteiger partial charge in [0.2, 0.25) is 0 Å². The van der Waals surface area contributed by atoms with Crippen molar-refractivity contribution >= 4 is 11.5 Å². The molecule has 3 aromatic rings. The maximum Gasteiger partial charge on any atom is 0.154 e. The van der Waals surface area contributed by atoms with E-state index >= 15 is 0 Å². The molecule has 5 nitrogen and oxygen atoms in total. The number of anilines is 1. The topological polar surface area (TPSA) is 55.1 Å². The Morgan fingerprint density at radius 3 is 2.79 bits per heavy atom. The van der Waals surface area contributed by atoms with Gasteiger partial charge in [-0.2, -0.15) is 0 Å². The first-order chi connectivity index (χ1) is 11.8. The van der Waals surface area contributed by atoms with E-state index < -0.39 is 0 Å². The average Bonchev–Trinajstić information content (AvgIpc) is 3.06. The summed E-state index contributed by atoms with van der Waals surface area (Å²) < 4.78 is 1.92. The summed E-state index contributed by atoms with van der Waals surface area (Å²) in [6, 6.07) is 8.57. The lowest BCUT2D eigenvalue weighted by Gasteiger charge is -2.31. The fourth-order valence-electron chi connectivity index (χ4n) is 3.75. The zero-order chi connectivity index (χ0) is 16.4. The van der Waals surface area contributed by atoms with Crippen LogP contribution in [0.25, 0.3) is 16.9 Å². The minimum Gasteiger partial charge on any atom is -0.366 e. The van der Waals surface area contributed by atoms with Gasteiger partial charge in [0.05, 0.1) is 11.9 Å². The lowest BCUT2D eigenvalue weighted by molar-refractivity contribution is 0.316. The van der Waals surface area contributed by atoms with Crippen LogP contribution < -0.4 is 5.32 Å². The Morgan fingerprint density at radius 2 is 1.96 bits per heavy atom. The molecule has 0 amide bonds. The van der Waals surface area contributed by atoms with Crippen molar-refractivity contribution in [3.63, 3.8) is 0 Å². The van der Waals surface area contributed by atoms with Crippen molar-refractivity contribution in [3.8, 4) is 11.3 Å². The van der Waals surface area contributed by atoms with E-state index in [4.69, 9.17) is 5.10 Å².